The maximum absolute atomic E-state index is 11.3. The minimum Gasteiger partial charge on any atom is -0.184 e. The van der Waals surface area contributed by atoms with Crippen LogP contribution in [-0.2, 0) is 10.3 Å². The van der Waals surface area contributed by atoms with E-state index in [0.29, 0.717) is 0 Å². The summed E-state index contributed by atoms with van der Waals surface area (Å²) < 4.78 is 86.9. The van der Waals surface area contributed by atoms with Crippen molar-refractivity contribution in [3.8, 4) is 0 Å². The van der Waals surface area contributed by atoms with Gasteiger partial charge < -0.3 is 0 Å². The van der Waals surface area contributed by atoms with Gasteiger partial charge in [0.05, 0.1) is 0 Å². The first-order valence-electron chi connectivity index (χ1n) is 2.17. The largest absolute Gasteiger partial charge is 0.435 e. The molecule has 0 aromatic carbocycles. The molecule has 0 fully saturated rings. The fourth-order valence-corrected chi connectivity index (χ4v) is 0.728. The molecule has 9 heteroatoms. The Morgan fingerprint density at radius 3 is 1.08 bits per heavy atom. The number of alkyl halides is 6. The minimum atomic E-state index is -5.90. The van der Waals surface area contributed by atoms with Gasteiger partial charge in [-0.3, -0.25) is 0 Å². The zero-order valence-electron chi connectivity index (χ0n) is 4.99. The summed E-state index contributed by atoms with van der Waals surface area (Å²) in [6, 6.07) is 0. The second kappa shape index (κ2) is 2.96. The van der Waals surface area contributed by atoms with Gasteiger partial charge in [0.15, 0.2) is 0 Å². The summed E-state index contributed by atoms with van der Waals surface area (Å²) >= 11 is 0. The molecule has 0 spiro atoms. The summed E-state index contributed by atoms with van der Waals surface area (Å²) in [7, 11) is -4.33. The van der Waals surface area contributed by atoms with Gasteiger partial charge in [0.25, 0.3) is 4.86 Å². The average Bonchev–Trinajstić information content (AvgIpc) is 1.49. The molecule has 0 aliphatic rings. The Morgan fingerprint density at radius 1 is 0.833 bits per heavy atom. The van der Waals surface area contributed by atoms with Gasteiger partial charge in [-0.1, -0.05) is 0 Å². The molecule has 0 heterocycles. The quantitative estimate of drug-likeness (QED) is 0.448. The molecule has 72 valence electrons. The van der Waals surface area contributed by atoms with Crippen molar-refractivity contribution in [1.29, 1.82) is 0 Å². The molecule has 0 atom stereocenters. The maximum atomic E-state index is 11.3. The average molecular weight is 214 g/mol. The van der Waals surface area contributed by atoms with Gasteiger partial charge in [0.2, 0.25) is 10.3 Å². The lowest BCUT2D eigenvalue weighted by atomic mass is 10.4. The molecule has 0 N–H and O–H groups in total. The highest BCUT2D eigenvalue weighted by Crippen LogP contribution is 2.29. The van der Waals surface area contributed by atoms with Crippen LogP contribution in [0.2, 0.25) is 0 Å². The smallest absolute Gasteiger partial charge is 0.184 e. The molecule has 0 aliphatic heterocycles. The minimum absolute atomic E-state index is 3.42. The van der Waals surface area contributed by atoms with Crippen molar-refractivity contribution in [2.24, 2.45) is 0 Å². The number of hydrogen-bond donors (Lipinski definition) is 0. The van der Waals surface area contributed by atoms with Crippen molar-refractivity contribution in [2.75, 3.05) is 0 Å². The van der Waals surface area contributed by atoms with Crippen LogP contribution in [0.25, 0.3) is 0 Å². The summed E-state index contributed by atoms with van der Waals surface area (Å²) in [5.74, 6) is 0. The monoisotopic (exact) mass is 214 g/mol. The maximum Gasteiger partial charge on any atom is 0.435 e. The van der Waals surface area contributed by atoms with Crippen LogP contribution < -0.4 is 0 Å². The number of halogens is 6. The normalized spacial score (nSPS) is 12.8. The van der Waals surface area contributed by atoms with Gasteiger partial charge in [0, 0.05) is 0 Å². The van der Waals surface area contributed by atoms with Gasteiger partial charge in [-0.05, 0) is 0 Å². The molecule has 0 aromatic heterocycles. The van der Waals surface area contributed by atoms with Gasteiger partial charge in [-0.25, -0.2) is 0 Å². The predicted molar refractivity (Wildman–Crippen MR) is 26.0 cm³/mol. The summed E-state index contributed by atoms with van der Waals surface area (Å²) in [6.45, 7) is 0. The molecule has 0 unspecified atom stereocenters. The van der Waals surface area contributed by atoms with E-state index in [4.69, 9.17) is 0 Å². The Balaban J connectivity index is 5.46. The van der Waals surface area contributed by atoms with Crippen molar-refractivity contribution >= 4 is 15.2 Å². The van der Waals surface area contributed by atoms with Crippen molar-refractivity contribution < 1.29 is 34.8 Å². The zero-order chi connectivity index (χ0) is 10.2. The van der Waals surface area contributed by atoms with Crippen molar-refractivity contribution in [3.05, 3.63) is 0 Å². The van der Waals surface area contributed by atoms with Crippen molar-refractivity contribution in [3.63, 3.8) is 0 Å². The van der Waals surface area contributed by atoms with Crippen LogP contribution in [0.4, 0.5) is 26.3 Å². The lowest BCUT2D eigenvalue weighted by Gasteiger charge is -2.09. The van der Waals surface area contributed by atoms with Gasteiger partial charge in [-0.15, -0.1) is 0 Å². The van der Waals surface area contributed by atoms with Gasteiger partial charge in [-0.2, -0.15) is 34.8 Å². The van der Waals surface area contributed by atoms with E-state index in [1.807, 2.05) is 0 Å². The van der Waals surface area contributed by atoms with Gasteiger partial charge in [0.1, 0.15) is 0 Å². The molecule has 0 aromatic rings. The third kappa shape index (κ3) is 2.72. The number of rotatable bonds is 0. The van der Waals surface area contributed by atoms with Crippen molar-refractivity contribution in [2.45, 2.75) is 12.4 Å². The Bertz CT molecular complexity index is 268. The van der Waals surface area contributed by atoms with E-state index < -0.39 is 27.5 Å². The summed E-state index contributed by atoms with van der Waals surface area (Å²) in [5, 5.41) is 0. The Hall–Kier alpha value is -0.730. The Kier molecular flexibility index (Phi) is 2.78. The van der Waals surface area contributed by atoms with E-state index in [1.54, 1.807) is 0 Å². The van der Waals surface area contributed by atoms with E-state index in [9.17, 15) is 34.8 Å². The highest BCUT2D eigenvalue weighted by Gasteiger charge is 2.54. The van der Waals surface area contributed by atoms with E-state index in [0.717, 1.165) is 0 Å². The molecule has 0 saturated heterocycles. The van der Waals surface area contributed by atoms with Crippen LogP contribution in [-0.4, -0.2) is 25.6 Å². The molecular weight excluding hydrogens is 214 g/mol. The van der Waals surface area contributed by atoms with Crippen LogP contribution in [0.1, 0.15) is 0 Å². The molecule has 0 saturated carbocycles. The first kappa shape index (κ1) is 11.3. The van der Waals surface area contributed by atoms with Crippen LogP contribution in [0, 0.1) is 0 Å². The predicted octanol–water partition coefficient (Wildman–Crippen LogP) is 1.16. The van der Waals surface area contributed by atoms with Crippen LogP contribution in [0.3, 0.4) is 0 Å². The second-order valence-corrected chi connectivity index (χ2v) is 2.44. The van der Waals surface area contributed by atoms with E-state index >= 15 is 0 Å². The number of hydrogen-bond acceptors (Lipinski definition) is 2. The second-order valence-electron chi connectivity index (χ2n) is 1.56. The molecule has 0 radical (unpaired) electrons. The Labute approximate surface area is 63.3 Å². The topological polar surface area (TPSA) is 34.1 Å². The summed E-state index contributed by atoms with van der Waals surface area (Å²) in [4.78, 5) is -3.42. The molecular formula is C3F6O2S. The SMILES string of the molecule is O=S(=O)=C(C(F)(F)F)C(F)(F)F. The van der Waals surface area contributed by atoms with E-state index in [1.165, 1.54) is 0 Å². The molecule has 0 amide bonds. The summed E-state index contributed by atoms with van der Waals surface area (Å²) in [5.41, 5.74) is 0. The fourth-order valence-electron chi connectivity index (χ4n) is 0.350. The van der Waals surface area contributed by atoms with Crippen LogP contribution >= 0.6 is 0 Å². The first-order chi connectivity index (χ1) is 5.07. The lowest BCUT2D eigenvalue weighted by molar-refractivity contribution is -0.114. The third-order valence-electron chi connectivity index (χ3n) is 0.682. The summed E-state index contributed by atoms with van der Waals surface area (Å²) in [6.07, 6.45) is -11.8. The molecule has 0 rings (SSSR count). The fraction of sp³-hybridized carbons (Fsp3) is 0.667. The first-order valence-corrected chi connectivity index (χ1v) is 3.25. The standard InChI is InChI=1S/C3F6O2S/c4-2(5,6)1(12(10)11)3(7,8)9. The van der Waals surface area contributed by atoms with Crippen LogP contribution in [0.5, 0.6) is 0 Å². The van der Waals surface area contributed by atoms with E-state index in [2.05, 4.69) is 0 Å². The molecule has 2 nitrogen and oxygen atoms in total. The highest BCUT2D eigenvalue weighted by atomic mass is 32.2. The molecule has 12 heavy (non-hydrogen) atoms. The van der Waals surface area contributed by atoms with Gasteiger partial charge >= 0.3 is 12.4 Å². The molecule has 0 aliphatic carbocycles. The highest BCUT2D eigenvalue weighted by molar-refractivity contribution is 7.73. The van der Waals surface area contributed by atoms with Crippen LogP contribution in [0.15, 0.2) is 0 Å². The zero-order valence-corrected chi connectivity index (χ0v) is 5.81. The Morgan fingerprint density at radius 2 is 1.08 bits per heavy atom. The van der Waals surface area contributed by atoms with E-state index in [-0.39, 0.29) is 0 Å². The molecule has 0 bridgehead atoms. The third-order valence-corrected chi connectivity index (χ3v) is 1.48. The van der Waals surface area contributed by atoms with Crippen molar-refractivity contribution in [1.82, 2.24) is 0 Å². The lowest BCUT2D eigenvalue weighted by Crippen LogP contribution is -2.37.